The van der Waals surface area contributed by atoms with Crippen LogP contribution in [0.5, 0.6) is 11.5 Å². The molecule has 1 aromatic heterocycles. The Bertz CT molecular complexity index is 728. The fourth-order valence-electron chi connectivity index (χ4n) is 3.12. The Morgan fingerprint density at radius 1 is 1.15 bits per heavy atom. The van der Waals surface area contributed by atoms with Crippen LogP contribution in [0.2, 0.25) is 0 Å². The summed E-state index contributed by atoms with van der Waals surface area (Å²) in [5, 5.41) is 0. The van der Waals surface area contributed by atoms with Gasteiger partial charge >= 0.3 is 0 Å². The molecule has 6 nitrogen and oxygen atoms in total. The standard InChI is InChI=1S/C20H25N3O3/c1-3-26-19-13-17(6-7-18(19)25-2)20(24)23-11-9-22(10-12-23)15-16-5-4-8-21-14-16/h4-8,13-14H,3,9-12,15H2,1-2H3. The van der Waals surface area contributed by atoms with Gasteiger partial charge in [-0.2, -0.15) is 0 Å². The Morgan fingerprint density at radius 2 is 1.96 bits per heavy atom. The summed E-state index contributed by atoms with van der Waals surface area (Å²) in [5.74, 6) is 1.29. The van der Waals surface area contributed by atoms with Crippen molar-refractivity contribution in [2.24, 2.45) is 0 Å². The molecule has 1 amide bonds. The maximum absolute atomic E-state index is 12.8. The monoisotopic (exact) mass is 355 g/mol. The molecule has 26 heavy (non-hydrogen) atoms. The number of methoxy groups -OCH3 is 1. The molecule has 0 spiro atoms. The number of pyridine rings is 1. The number of amides is 1. The first-order valence-corrected chi connectivity index (χ1v) is 8.92. The molecular weight excluding hydrogens is 330 g/mol. The molecule has 1 fully saturated rings. The maximum Gasteiger partial charge on any atom is 0.254 e. The molecule has 6 heteroatoms. The zero-order valence-corrected chi connectivity index (χ0v) is 15.4. The SMILES string of the molecule is CCOc1cc(C(=O)N2CCN(Cc3cccnc3)CC2)ccc1OC. The third-order valence-corrected chi connectivity index (χ3v) is 4.50. The fraction of sp³-hybridized carbons (Fsp3) is 0.400. The summed E-state index contributed by atoms with van der Waals surface area (Å²) in [6.45, 7) is 6.46. The molecule has 0 saturated carbocycles. The number of ether oxygens (including phenoxy) is 2. The van der Waals surface area contributed by atoms with Crippen molar-refractivity contribution in [3.63, 3.8) is 0 Å². The first kappa shape index (κ1) is 18.2. The van der Waals surface area contributed by atoms with Crippen molar-refractivity contribution in [2.45, 2.75) is 13.5 Å². The molecule has 1 aromatic carbocycles. The van der Waals surface area contributed by atoms with Gasteiger partial charge < -0.3 is 14.4 Å². The number of aromatic nitrogens is 1. The zero-order chi connectivity index (χ0) is 18.4. The van der Waals surface area contributed by atoms with E-state index in [0.717, 1.165) is 32.7 Å². The average Bonchev–Trinajstić information content (AvgIpc) is 2.69. The molecule has 0 atom stereocenters. The second kappa shape index (κ2) is 8.67. The highest BCUT2D eigenvalue weighted by atomic mass is 16.5. The van der Waals surface area contributed by atoms with E-state index >= 15 is 0 Å². The van der Waals surface area contributed by atoms with Gasteiger partial charge in [0.25, 0.3) is 5.91 Å². The maximum atomic E-state index is 12.8. The molecule has 0 aliphatic carbocycles. The summed E-state index contributed by atoms with van der Waals surface area (Å²) in [5.41, 5.74) is 1.83. The Morgan fingerprint density at radius 3 is 2.62 bits per heavy atom. The summed E-state index contributed by atoms with van der Waals surface area (Å²) >= 11 is 0. The smallest absolute Gasteiger partial charge is 0.254 e. The van der Waals surface area contributed by atoms with Crippen LogP contribution in [0.4, 0.5) is 0 Å². The van der Waals surface area contributed by atoms with Crippen molar-refractivity contribution >= 4 is 5.91 Å². The zero-order valence-electron chi connectivity index (χ0n) is 15.4. The highest BCUT2D eigenvalue weighted by Crippen LogP contribution is 2.28. The van der Waals surface area contributed by atoms with Gasteiger partial charge in [0.15, 0.2) is 11.5 Å². The van der Waals surface area contributed by atoms with Crippen LogP contribution in [0.15, 0.2) is 42.7 Å². The number of rotatable bonds is 6. The van der Waals surface area contributed by atoms with Gasteiger partial charge in [0.05, 0.1) is 13.7 Å². The van der Waals surface area contributed by atoms with Crippen LogP contribution in [0, 0.1) is 0 Å². The fourth-order valence-corrected chi connectivity index (χ4v) is 3.12. The minimum absolute atomic E-state index is 0.0367. The second-order valence-electron chi connectivity index (χ2n) is 6.23. The van der Waals surface area contributed by atoms with Crippen LogP contribution in [0.25, 0.3) is 0 Å². The van der Waals surface area contributed by atoms with Gasteiger partial charge in [-0.05, 0) is 36.8 Å². The van der Waals surface area contributed by atoms with Gasteiger partial charge in [0.1, 0.15) is 0 Å². The van der Waals surface area contributed by atoms with E-state index in [1.54, 1.807) is 31.5 Å². The van der Waals surface area contributed by atoms with Gasteiger partial charge in [-0.25, -0.2) is 0 Å². The van der Waals surface area contributed by atoms with E-state index < -0.39 is 0 Å². The van der Waals surface area contributed by atoms with Crippen LogP contribution in [-0.4, -0.2) is 60.6 Å². The Kier molecular flexibility index (Phi) is 6.07. The first-order valence-electron chi connectivity index (χ1n) is 8.92. The van der Waals surface area contributed by atoms with E-state index in [0.29, 0.717) is 23.7 Å². The van der Waals surface area contributed by atoms with E-state index in [-0.39, 0.29) is 5.91 Å². The molecule has 0 radical (unpaired) electrons. The molecular formula is C20H25N3O3. The summed E-state index contributed by atoms with van der Waals surface area (Å²) in [6, 6.07) is 9.39. The van der Waals surface area contributed by atoms with Crippen molar-refractivity contribution in [2.75, 3.05) is 39.9 Å². The minimum atomic E-state index is 0.0367. The summed E-state index contributed by atoms with van der Waals surface area (Å²) in [4.78, 5) is 21.2. The number of nitrogens with zero attached hydrogens (tertiary/aromatic N) is 3. The second-order valence-corrected chi connectivity index (χ2v) is 6.23. The number of hydrogen-bond acceptors (Lipinski definition) is 5. The number of hydrogen-bond donors (Lipinski definition) is 0. The number of benzene rings is 1. The lowest BCUT2D eigenvalue weighted by Crippen LogP contribution is -2.48. The highest BCUT2D eigenvalue weighted by Gasteiger charge is 2.23. The lowest BCUT2D eigenvalue weighted by Gasteiger charge is -2.34. The lowest BCUT2D eigenvalue weighted by molar-refractivity contribution is 0.0628. The van der Waals surface area contributed by atoms with Crippen molar-refractivity contribution in [1.29, 1.82) is 0 Å². The van der Waals surface area contributed by atoms with Crippen LogP contribution in [0.3, 0.4) is 0 Å². The molecule has 1 aliphatic rings. The van der Waals surface area contributed by atoms with Gasteiger partial charge in [-0.1, -0.05) is 6.07 Å². The van der Waals surface area contributed by atoms with Gasteiger partial charge in [0, 0.05) is 50.7 Å². The van der Waals surface area contributed by atoms with Crippen LogP contribution in [0.1, 0.15) is 22.8 Å². The van der Waals surface area contributed by atoms with Crippen molar-refractivity contribution in [1.82, 2.24) is 14.8 Å². The topological polar surface area (TPSA) is 54.9 Å². The van der Waals surface area contributed by atoms with Gasteiger partial charge in [-0.3, -0.25) is 14.7 Å². The van der Waals surface area contributed by atoms with Crippen molar-refractivity contribution < 1.29 is 14.3 Å². The summed E-state index contributed by atoms with van der Waals surface area (Å²) < 4.78 is 10.9. The molecule has 2 aromatic rings. The van der Waals surface area contributed by atoms with Gasteiger partial charge in [-0.15, -0.1) is 0 Å². The molecule has 1 aliphatic heterocycles. The van der Waals surface area contributed by atoms with Crippen LogP contribution in [-0.2, 0) is 6.54 Å². The molecule has 0 unspecified atom stereocenters. The highest BCUT2D eigenvalue weighted by molar-refractivity contribution is 5.95. The third-order valence-electron chi connectivity index (χ3n) is 4.50. The van der Waals surface area contributed by atoms with E-state index in [2.05, 4.69) is 16.0 Å². The van der Waals surface area contributed by atoms with E-state index in [9.17, 15) is 4.79 Å². The predicted octanol–water partition coefficient (Wildman–Crippen LogP) is 2.45. The molecule has 138 valence electrons. The number of piperazine rings is 1. The largest absolute Gasteiger partial charge is 0.493 e. The normalized spacial score (nSPS) is 14.9. The molecule has 1 saturated heterocycles. The number of carbonyl (C=O) groups is 1. The van der Waals surface area contributed by atoms with Gasteiger partial charge in [0.2, 0.25) is 0 Å². The Balaban J connectivity index is 1.60. The quantitative estimate of drug-likeness (QED) is 0.797. The molecule has 0 N–H and O–H groups in total. The van der Waals surface area contributed by atoms with Crippen molar-refractivity contribution in [3.8, 4) is 11.5 Å². The lowest BCUT2D eigenvalue weighted by atomic mass is 10.1. The molecule has 2 heterocycles. The average molecular weight is 355 g/mol. The van der Waals surface area contributed by atoms with Crippen molar-refractivity contribution in [3.05, 3.63) is 53.9 Å². The Labute approximate surface area is 154 Å². The van der Waals surface area contributed by atoms with Crippen LogP contribution < -0.4 is 9.47 Å². The summed E-state index contributed by atoms with van der Waals surface area (Å²) in [7, 11) is 1.60. The predicted molar refractivity (Wildman–Crippen MR) is 99.6 cm³/mol. The molecule has 3 rings (SSSR count). The van der Waals surface area contributed by atoms with E-state index in [4.69, 9.17) is 9.47 Å². The number of carbonyl (C=O) groups excluding carboxylic acids is 1. The van der Waals surface area contributed by atoms with Crippen LogP contribution >= 0.6 is 0 Å². The van der Waals surface area contributed by atoms with E-state index in [1.807, 2.05) is 24.1 Å². The minimum Gasteiger partial charge on any atom is -0.493 e. The molecule has 0 bridgehead atoms. The summed E-state index contributed by atoms with van der Waals surface area (Å²) in [6.07, 6.45) is 3.68. The third kappa shape index (κ3) is 4.32. The Hall–Kier alpha value is -2.60. The van der Waals surface area contributed by atoms with E-state index in [1.165, 1.54) is 5.56 Å². The first-order chi connectivity index (χ1) is 12.7.